The quantitative estimate of drug-likeness (QED) is 0.131. The van der Waals surface area contributed by atoms with Crippen LogP contribution in [-0.4, -0.2) is 82.8 Å². The summed E-state index contributed by atoms with van der Waals surface area (Å²) in [6, 6.07) is -4.02. The summed E-state index contributed by atoms with van der Waals surface area (Å²) in [7, 11) is 0. The Bertz CT molecular complexity index is 571. The van der Waals surface area contributed by atoms with E-state index in [4.69, 9.17) is 21.7 Å². The number of aliphatic carboxylic acids is 2. The fourth-order valence-electron chi connectivity index (χ4n) is 2.05. The molecule has 160 valence electrons. The molecule has 0 aromatic carbocycles. The van der Waals surface area contributed by atoms with Gasteiger partial charge in [0.05, 0.1) is 19.1 Å². The van der Waals surface area contributed by atoms with Crippen molar-refractivity contribution < 1.29 is 39.3 Å². The zero-order valence-corrected chi connectivity index (χ0v) is 15.2. The lowest BCUT2D eigenvalue weighted by molar-refractivity contribution is -0.141. The van der Waals surface area contributed by atoms with Crippen LogP contribution in [0, 0.1) is 0 Å². The Labute approximate surface area is 160 Å². The van der Waals surface area contributed by atoms with Crippen LogP contribution in [0.25, 0.3) is 0 Å². The number of carbonyl (C=O) groups excluding carboxylic acids is 3. The van der Waals surface area contributed by atoms with Crippen molar-refractivity contribution in [2.45, 2.75) is 43.8 Å². The Balaban J connectivity index is 4.89. The summed E-state index contributed by atoms with van der Waals surface area (Å²) in [5.74, 6) is -5.57. The molecule has 3 unspecified atom stereocenters. The predicted octanol–water partition coefficient (Wildman–Crippen LogP) is -3.92. The molecule has 0 rings (SSSR count). The normalized spacial score (nSPS) is 13.7. The number of nitrogens with two attached hydrogens (primary N) is 2. The molecule has 0 bridgehead atoms. The monoisotopic (exact) mass is 405 g/mol. The predicted molar refractivity (Wildman–Crippen MR) is 94.7 cm³/mol. The zero-order valence-electron chi connectivity index (χ0n) is 15.2. The van der Waals surface area contributed by atoms with Crippen molar-refractivity contribution in [2.75, 3.05) is 19.7 Å². The molecule has 13 nitrogen and oxygen atoms in total. The Morgan fingerprint density at radius 1 is 0.857 bits per heavy atom. The third kappa shape index (κ3) is 10.4. The second-order valence-corrected chi connectivity index (χ2v) is 5.91. The second kappa shape index (κ2) is 13.4. The number of carboxylic acids is 2. The lowest BCUT2D eigenvalue weighted by atomic mass is 10.1. The Hall–Kier alpha value is -2.77. The van der Waals surface area contributed by atoms with E-state index in [0.717, 1.165) is 0 Å². The highest BCUT2D eigenvalue weighted by atomic mass is 16.4. The Morgan fingerprint density at radius 3 is 1.96 bits per heavy atom. The first-order valence-corrected chi connectivity index (χ1v) is 8.50. The molecular weight excluding hydrogens is 378 g/mol. The number of amides is 3. The summed E-state index contributed by atoms with van der Waals surface area (Å²) in [5.41, 5.74) is 11.0. The lowest BCUT2D eigenvalue weighted by Gasteiger charge is -2.22. The SMILES string of the molecule is NCCCCC(N)C(=O)NC(CO)C(=O)NC(CC(=O)O)C(=O)NCC(=O)O. The van der Waals surface area contributed by atoms with Gasteiger partial charge in [-0.25, -0.2) is 0 Å². The molecule has 0 aromatic heterocycles. The van der Waals surface area contributed by atoms with Gasteiger partial charge in [0.25, 0.3) is 0 Å². The fraction of sp³-hybridized carbons (Fsp3) is 0.667. The van der Waals surface area contributed by atoms with Crippen molar-refractivity contribution in [1.29, 1.82) is 0 Å². The van der Waals surface area contributed by atoms with Crippen molar-refractivity contribution in [3.05, 3.63) is 0 Å². The molecule has 0 aliphatic rings. The second-order valence-electron chi connectivity index (χ2n) is 5.91. The maximum atomic E-state index is 12.2. The molecule has 3 atom stereocenters. The van der Waals surface area contributed by atoms with E-state index in [2.05, 4.69) is 10.6 Å². The largest absolute Gasteiger partial charge is 0.481 e. The van der Waals surface area contributed by atoms with Gasteiger partial charge in [0.1, 0.15) is 18.6 Å². The van der Waals surface area contributed by atoms with Gasteiger partial charge in [-0.3, -0.25) is 24.0 Å². The van der Waals surface area contributed by atoms with Crippen LogP contribution in [0.4, 0.5) is 0 Å². The molecule has 0 aliphatic heterocycles. The van der Waals surface area contributed by atoms with E-state index in [0.29, 0.717) is 25.8 Å². The first kappa shape index (κ1) is 25.2. The maximum absolute atomic E-state index is 12.2. The average molecular weight is 405 g/mol. The average Bonchev–Trinajstić information content (AvgIpc) is 2.62. The van der Waals surface area contributed by atoms with Crippen molar-refractivity contribution in [2.24, 2.45) is 11.5 Å². The molecule has 0 spiro atoms. The van der Waals surface area contributed by atoms with Gasteiger partial charge in [-0.15, -0.1) is 0 Å². The summed E-state index contributed by atoms with van der Waals surface area (Å²) in [4.78, 5) is 57.4. The first-order valence-electron chi connectivity index (χ1n) is 8.50. The lowest BCUT2D eigenvalue weighted by Crippen LogP contribution is -2.57. The van der Waals surface area contributed by atoms with Gasteiger partial charge in [-0.1, -0.05) is 6.42 Å². The van der Waals surface area contributed by atoms with E-state index in [1.54, 1.807) is 0 Å². The topological polar surface area (TPSA) is 234 Å². The molecule has 0 aromatic rings. The number of rotatable bonds is 14. The summed E-state index contributed by atoms with van der Waals surface area (Å²) in [6.45, 7) is -1.17. The van der Waals surface area contributed by atoms with Crippen molar-refractivity contribution in [1.82, 2.24) is 16.0 Å². The van der Waals surface area contributed by atoms with Crippen LogP contribution in [0.15, 0.2) is 0 Å². The minimum absolute atomic E-state index is 0.308. The number of carboxylic acid groups (broad SMARTS) is 2. The molecule has 10 N–H and O–H groups in total. The van der Waals surface area contributed by atoms with Gasteiger partial charge in [0, 0.05) is 0 Å². The van der Waals surface area contributed by atoms with Crippen molar-refractivity contribution in [3.63, 3.8) is 0 Å². The standard InChI is InChI=1S/C15H27N5O8/c16-4-2-1-3-8(17)13(26)20-10(7-21)15(28)19-9(5-11(22)23)14(27)18-6-12(24)25/h8-10,21H,1-7,16-17H2,(H,18,27)(H,19,28)(H,20,26)(H,22,23)(H,24,25). The van der Waals surface area contributed by atoms with Crippen LogP contribution in [0.3, 0.4) is 0 Å². The Morgan fingerprint density at radius 2 is 1.46 bits per heavy atom. The van der Waals surface area contributed by atoms with Crippen LogP contribution in [0.1, 0.15) is 25.7 Å². The maximum Gasteiger partial charge on any atom is 0.322 e. The summed E-state index contributed by atoms with van der Waals surface area (Å²) in [5, 5.41) is 32.9. The van der Waals surface area contributed by atoms with Crippen molar-refractivity contribution in [3.8, 4) is 0 Å². The van der Waals surface area contributed by atoms with Crippen LogP contribution < -0.4 is 27.4 Å². The molecule has 3 amide bonds. The third-order valence-corrected chi connectivity index (χ3v) is 3.55. The molecule has 0 saturated heterocycles. The van der Waals surface area contributed by atoms with Crippen LogP contribution in [0.5, 0.6) is 0 Å². The highest BCUT2D eigenvalue weighted by Crippen LogP contribution is 2.00. The highest BCUT2D eigenvalue weighted by Gasteiger charge is 2.29. The zero-order chi connectivity index (χ0) is 21.7. The van der Waals surface area contributed by atoms with Crippen LogP contribution >= 0.6 is 0 Å². The highest BCUT2D eigenvalue weighted by molar-refractivity contribution is 5.95. The third-order valence-electron chi connectivity index (χ3n) is 3.55. The number of hydrogen-bond acceptors (Lipinski definition) is 8. The van der Waals surface area contributed by atoms with E-state index < -0.39 is 67.4 Å². The molecule has 13 heteroatoms. The molecule has 28 heavy (non-hydrogen) atoms. The van der Waals surface area contributed by atoms with E-state index in [9.17, 15) is 29.1 Å². The van der Waals surface area contributed by atoms with Gasteiger partial charge in [0.15, 0.2) is 0 Å². The van der Waals surface area contributed by atoms with E-state index in [-0.39, 0.29) is 0 Å². The smallest absolute Gasteiger partial charge is 0.322 e. The first-order chi connectivity index (χ1) is 13.1. The number of hydrogen-bond donors (Lipinski definition) is 8. The Kier molecular flexibility index (Phi) is 12.1. The number of nitrogens with one attached hydrogen (secondary N) is 3. The minimum atomic E-state index is -1.60. The van der Waals surface area contributed by atoms with E-state index in [1.165, 1.54) is 0 Å². The summed E-state index contributed by atoms with van der Waals surface area (Å²) in [6.07, 6.45) is 0.725. The number of unbranched alkanes of at least 4 members (excludes halogenated alkanes) is 1. The van der Waals surface area contributed by atoms with E-state index in [1.807, 2.05) is 5.32 Å². The summed E-state index contributed by atoms with van der Waals surface area (Å²) >= 11 is 0. The number of aliphatic hydroxyl groups excluding tert-OH is 1. The summed E-state index contributed by atoms with van der Waals surface area (Å²) < 4.78 is 0. The van der Waals surface area contributed by atoms with Crippen molar-refractivity contribution >= 4 is 29.7 Å². The van der Waals surface area contributed by atoms with Gasteiger partial charge >= 0.3 is 11.9 Å². The molecular formula is C15H27N5O8. The number of carbonyl (C=O) groups is 5. The molecule has 0 fully saturated rings. The molecule has 0 heterocycles. The van der Waals surface area contributed by atoms with Gasteiger partial charge in [-0.05, 0) is 19.4 Å². The fourth-order valence-corrected chi connectivity index (χ4v) is 2.05. The van der Waals surface area contributed by atoms with Gasteiger partial charge < -0.3 is 42.7 Å². The van der Waals surface area contributed by atoms with Crippen LogP contribution in [0.2, 0.25) is 0 Å². The number of aliphatic hydroxyl groups is 1. The van der Waals surface area contributed by atoms with E-state index >= 15 is 0 Å². The molecule has 0 radical (unpaired) electrons. The molecule has 0 saturated carbocycles. The van der Waals surface area contributed by atoms with Gasteiger partial charge in [0.2, 0.25) is 17.7 Å². The molecule has 0 aliphatic carbocycles. The van der Waals surface area contributed by atoms with Gasteiger partial charge in [-0.2, -0.15) is 0 Å². The minimum Gasteiger partial charge on any atom is -0.481 e. The van der Waals surface area contributed by atoms with Crippen LogP contribution in [-0.2, 0) is 24.0 Å².